The lowest BCUT2D eigenvalue weighted by atomic mass is 10.1. The van der Waals surface area contributed by atoms with Crippen molar-refractivity contribution in [2.75, 3.05) is 39.4 Å². The number of carbonyl (C=O) groups is 1. The van der Waals surface area contributed by atoms with E-state index in [0.717, 1.165) is 76.2 Å². The Morgan fingerprint density at radius 2 is 2.00 bits per heavy atom. The summed E-state index contributed by atoms with van der Waals surface area (Å²) in [4.78, 5) is 26.6. The van der Waals surface area contributed by atoms with Gasteiger partial charge in [-0.3, -0.25) is 14.5 Å². The molecule has 0 spiro atoms. The van der Waals surface area contributed by atoms with Crippen LogP contribution in [0, 0.1) is 0 Å². The molecule has 0 bridgehead atoms. The Bertz CT molecular complexity index is 638. The largest absolute Gasteiger partial charge is 0.379 e. The Kier molecular flexibility index (Phi) is 6.58. The Hall–Kier alpha value is -1.73. The van der Waals surface area contributed by atoms with Gasteiger partial charge in [-0.25, -0.2) is 4.68 Å². The highest BCUT2D eigenvalue weighted by Crippen LogP contribution is 2.16. The molecule has 2 heterocycles. The van der Waals surface area contributed by atoms with E-state index in [1.54, 1.807) is 6.07 Å². The maximum absolute atomic E-state index is 12.2. The highest BCUT2D eigenvalue weighted by Gasteiger charge is 2.14. The minimum absolute atomic E-state index is 0.00364. The van der Waals surface area contributed by atoms with Gasteiger partial charge in [0, 0.05) is 25.7 Å². The molecule has 0 saturated carbocycles. The molecule has 0 radical (unpaired) electrons. The molecule has 7 nitrogen and oxygen atoms in total. The van der Waals surface area contributed by atoms with E-state index in [4.69, 9.17) is 4.74 Å². The number of aryl methyl sites for hydroxylation is 2. The molecular formula is C18H28N4O3. The zero-order chi connectivity index (χ0) is 17.5. The maximum Gasteiger partial charge on any atom is 0.267 e. The van der Waals surface area contributed by atoms with Gasteiger partial charge < -0.3 is 10.1 Å². The van der Waals surface area contributed by atoms with Crippen molar-refractivity contribution < 1.29 is 9.53 Å². The Labute approximate surface area is 148 Å². The fourth-order valence-electron chi connectivity index (χ4n) is 3.44. The van der Waals surface area contributed by atoms with E-state index >= 15 is 0 Å². The van der Waals surface area contributed by atoms with Crippen LogP contribution in [0.3, 0.4) is 0 Å². The summed E-state index contributed by atoms with van der Waals surface area (Å²) in [7, 11) is 0. The number of carbonyl (C=O) groups excluding carboxylic acids is 1. The quantitative estimate of drug-likeness (QED) is 0.593. The highest BCUT2D eigenvalue weighted by atomic mass is 16.5. The summed E-state index contributed by atoms with van der Waals surface area (Å²) in [5.74, 6) is -0.148. The summed E-state index contributed by atoms with van der Waals surface area (Å²) >= 11 is 0. The standard InChI is InChI=1S/C18H28N4O3/c23-17(19-7-4-8-21-9-11-25-12-10-21)14-22-18(24)13-15-5-2-1-3-6-16(15)20-22/h13H,1-12,14H2,(H,19,23). The van der Waals surface area contributed by atoms with Gasteiger partial charge in [-0.05, 0) is 44.2 Å². The number of fused-ring (bicyclic) bond motifs is 1. The van der Waals surface area contributed by atoms with E-state index in [1.807, 2.05) is 0 Å². The van der Waals surface area contributed by atoms with Gasteiger partial charge >= 0.3 is 0 Å². The first kappa shape index (κ1) is 18.1. The summed E-state index contributed by atoms with van der Waals surface area (Å²) < 4.78 is 6.63. The summed E-state index contributed by atoms with van der Waals surface area (Å²) in [6, 6.07) is 1.67. The molecular weight excluding hydrogens is 320 g/mol. The number of morpholine rings is 1. The van der Waals surface area contributed by atoms with Gasteiger partial charge in [0.05, 0.1) is 18.9 Å². The zero-order valence-electron chi connectivity index (χ0n) is 14.8. The van der Waals surface area contributed by atoms with Crippen LogP contribution in [0.2, 0.25) is 0 Å². The average Bonchev–Trinajstić information content (AvgIpc) is 2.85. The van der Waals surface area contributed by atoms with Gasteiger partial charge in [-0.15, -0.1) is 0 Å². The third-order valence-corrected chi connectivity index (χ3v) is 4.89. The molecule has 25 heavy (non-hydrogen) atoms. The van der Waals surface area contributed by atoms with Crippen LogP contribution in [0.1, 0.15) is 36.9 Å². The van der Waals surface area contributed by atoms with Crippen molar-refractivity contribution in [1.29, 1.82) is 0 Å². The summed E-state index contributed by atoms with van der Waals surface area (Å²) in [5, 5.41) is 7.33. The molecule has 0 unspecified atom stereocenters. The molecule has 1 aliphatic heterocycles. The molecule has 0 aromatic carbocycles. The minimum Gasteiger partial charge on any atom is -0.379 e. The number of hydrogen-bond donors (Lipinski definition) is 1. The SMILES string of the molecule is O=C(Cn1nc2c(cc1=O)CCCCC2)NCCCN1CCOCC1. The zero-order valence-corrected chi connectivity index (χ0v) is 14.8. The molecule has 1 amide bonds. The normalized spacial score (nSPS) is 18.4. The smallest absolute Gasteiger partial charge is 0.267 e. The first-order chi connectivity index (χ1) is 12.2. The monoisotopic (exact) mass is 348 g/mol. The van der Waals surface area contributed by atoms with Crippen molar-refractivity contribution in [2.45, 2.75) is 45.1 Å². The fraction of sp³-hybridized carbons (Fsp3) is 0.722. The Balaban J connectivity index is 1.46. The molecule has 1 saturated heterocycles. The number of aromatic nitrogens is 2. The number of hydrogen-bond acceptors (Lipinski definition) is 5. The predicted molar refractivity (Wildman–Crippen MR) is 94.6 cm³/mol. The third kappa shape index (κ3) is 5.37. The van der Waals surface area contributed by atoms with Crippen molar-refractivity contribution in [3.63, 3.8) is 0 Å². The number of nitrogens with one attached hydrogen (secondary N) is 1. The molecule has 138 valence electrons. The molecule has 1 fully saturated rings. The molecule has 1 aromatic heterocycles. The van der Waals surface area contributed by atoms with E-state index in [0.29, 0.717) is 6.54 Å². The lowest BCUT2D eigenvalue weighted by Crippen LogP contribution is -2.39. The summed E-state index contributed by atoms with van der Waals surface area (Å²) in [5.41, 5.74) is 1.87. The van der Waals surface area contributed by atoms with E-state index in [-0.39, 0.29) is 18.0 Å². The van der Waals surface area contributed by atoms with Crippen LogP contribution in [0.25, 0.3) is 0 Å². The second-order valence-electron chi connectivity index (χ2n) is 6.83. The van der Waals surface area contributed by atoms with Gasteiger partial charge in [0.1, 0.15) is 6.54 Å². The topological polar surface area (TPSA) is 76.5 Å². The summed E-state index contributed by atoms with van der Waals surface area (Å²) in [6.45, 7) is 5.09. The van der Waals surface area contributed by atoms with E-state index in [1.165, 1.54) is 11.1 Å². The first-order valence-corrected chi connectivity index (χ1v) is 9.39. The molecule has 3 rings (SSSR count). The molecule has 2 aliphatic rings. The second kappa shape index (κ2) is 9.10. The van der Waals surface area contributed by atoms with Crippen molar-refractivity contribution in [3.05, 3.63) is 27.7 Å². The number of nitrogens with zero attached hydrogens (tertiary/aromatic N) is 3. The van der Waals surface area contributed by atoms with Crippen LogP contribution in [0.15, 0.2) is 10.9 Å². The van der Waals surface area contributed by atoms with Crippen LogP contribution in [0.5, 0.6) is 0 Å². The van der Waals surface area contributed by atoms with Crippen molar-refractivity contribution >= 4 is 5.91 Å². The number of rotatable bonds is 6. The van der Waals surface area contributed by atoms with E-state index in [9.17, 15) is 9.59 Å². The van der Waals surface area contributed by atoms with Crippen LogP contribution < -0.4 is 10.9 Å². The Morgan fingerprint density at radius 3 is 2.84 bits per heavy atom. The molecule has 1 N–H and O–H groups in total. The van der Waals surface area contributed by atoms with Crippen LogP contribution in [-0.2, 0) is 28.9 Å². The third-order valence-electron chi connectivity index (χ3n) is 4.89. The lowest BCUT2D eigenvalue weighted by molar-refractivity contribution is -0.121. The average molecular weight is 348 g/mol. The van der Waals surface area contributed by atoms with Crippen LogP contribution in [-0.4, -0.2) is 60.0 Å². The Morgan fingerprint density at radius 1 is 1.20 bits per heavy atom. The van der Waals surface area contributed by atoms with Gasteiger partial charge in [-0.1, -0.05) is 6.42 Å². The molecule has 1 aromatic rings. The van der Waals surface area contributed by atoms with Crippen LogP contribution >= 0.6 is 0 Å². The molecule has 0 atom stereocenters. The van der Waals surface area contributed by atoms with Crippen molar-refractivity contribution in [1.82, 2.24) is 20.0 Å². The van der Waals surface area contributed by atoms with Crippen molar-refractivity contribution in [2.24, 2.45) is 0 Å². The molecule has 1 aliphatic carbocycles. The van der Waals surface area contributed by atoms with E-state index in [2.05, 4.69) is 15.3 Å². The van der Waals surface area contributed by atoms with E-state index < -0.39 is 0 Å². The van der Waals surface area contributed by atoms with Gasteiger partial charge in [-0.2, -0.15) is 5.10 Å². The number of ether oxygens (including phenoxy) is 1. The maximum atomic E-state index is 12.2. The minimum atomic E-state index is -0.177. The van der Waals surface area contributed by atoms with Gasteiger partial charge in [0.2, 0.25) is 5.91 Å². The molecule has 7 heteroatoms. The van der Waals surface area contributed by atoms with Gasteiger partial charge in [0.15, 0.2) is 0 Å². The highest BCUT2D eigenvalue weighted by molar-refractivity contribution is 5.75. The fourth-order valence-corrected chi connectivity index (χ4v) is 3.44. The predicted octanol–water partition coefficient (Wildman–Crippen LogP) is 0.351. The van der Waals surface area contributed by atoms with Crippen LogP contribution in [0.4, 0.5) is 0 Å². The lowest BCUT2D eigenvalue weighted by Gasteiger charge is -2.26. The first-order valence-electron chi connectivity index (χ1n) is 9.39. The second-order valence-corrected chi connectivity index (χ2v) is 6.83. The summed E-state index contributed by atoms with van der Waals surface area (Å²) in [6.07, 6.45) is 6.11. The van der Waals surface area contributed by atoms with Crippen molar-refractivity contribution in [3.8, 4) is 0 Å². The number of amides is 1. The van der Waals surface area contributed by atoms with Gasteiger partial charge in [0.25, 0.3) is 5.56 Å².